The zero-order valence-electron chi connectivity index (χ0n) is 8.69. The summed E-state index contributed by atoms with van der Waals surface area (Å²) >= 11 is 0. The summed E-state index contributed by atoms with van der Waals surface area (Å²) in [6.45, 7) is 6.98. The van der Waals surface area contributed by atoms with Gasteiger partial charge in [-0.1, -0.05) is 0 Å². The van der Waals surface area contributed by atoms with Crippen molar-refractivity contribution in [3.63, 3.8) is 0 Å². The first-order chi connectivity index (χ1) is 6.84. The lowest BCUT2D eigenvalue weighted by atomic mass is 10.1. The van der Waals surface area contributed by atoms with Crippen LogP contribution in [-0.2, 0) is 4.74 Å². The lowest BCUT2D eigenvalue weighted by molar-refractivity contribution is -0.00559. The van der Waals surface area contributed by atoms with E-state index in [1.807, 2.05) is 0 Å². The van der Waals surface area contributed by atoms with Crippen LogP contribution in [0.4, 0.5) is 0 Å². The maximum atomic E-state index is 9.37. The summed E-state index contributed by atoms with van der Waals surface area (Å²) in [5, 5.41) is 9.37. The van der Waals surface area contributed by atoms with Crippen molar-refractivity contribution in [2.75, 3.05) is 46.1 Å². The minimum atomic E-state index is -0.0593. The first-order valence-corrected chi connectivity index (χ1v) is 5.55. The summed E-state index contributed by atoms with van der Waals surface area (Å²) in [7, 11) is 0. The number of rotatable bonds is 2. The molecule has 1 N–H and O–H groups in total. The molecule has 0 radical (unpaired) electrons. The Labute approximate surface area is 85.4 Å². The molecule has 4 nitrogen and oxygen atoms in total. The number of nitrogens with zero attached hydrogens (tertiary/aromatic N) is 2. The number of aliphatic hydroxyl groups excluding tert-OH is 1. The van der Waals surface area contributed by atoms with Crippen molar-refractivity contribution in [3.05, 3.63) is 0 Å². The highest BCUT2D eigenvalue weighted by Crippen LogP contribution is 2.10. The van der Waals surface area contributed by atoms with Crippen molar-refractivity contribution >= 4 is 0 Å². The van der Waals surface area contributed by atoms with Gasteiger partial charge < -0.3 is 9.84 Å². The van der Waals surface area contributed by atoms with Gasteiger partial charge in [0, 0.05) is 26.2 Å². The first-order valence-electron chi connectivity index (χ1n) is 5.55. The van der Waals surface area contributed by atoms with E-state index in [-0.39, 0.29) is 6.10 Å². The fourth-order valence-corrected chi connectivity index (χ4v) is 2.09. The maximum absolute atomic E-state index is 9.37. The molecular weight excluding hydrogens is 180 g/mol. The van der Waals surface area contributed by atoms with Gasteiger partial charge in [0.1, 0.15) is 0 Å². The van der Waals surface area contributed by atoms with Crippen molar-refractivity contribution in [2.45, 2.75) is 18.9 Å². The molecule has 0 unspecified atom stereocenters. The van der Waals surface area contributed by atoms with Crippen LogP contribution in [0.5, 0.6) is 0 Å². The Balaban J connectivity index is 1.68. The van der Waals surface area contributed by atoms with Crippen LogP contribution >= 0.6 is 0 Å². The van der Waals surface area contributed by atoms with E-state index in [0.717, 1.165) is 58.9 Å². The van der Waals surface area contributed by atoms with Crippen molar-refractivity contribution in [1.29, 1.82) is 0 Å². The summed E-state index contributed by atoms with van der Waals surface area (Å²) in [5.74, 6) is 0. The van der Waals surface area contributed by atoms with Crippen molar-refractivity contribution in [2.24, 2.45) is 0 Å². The molecule has 2 aliphatic rings. The molecule has 0 aromatic carbocycles. The molecule has 2 heterocycles. The van der Waals surface area contributed by atoms with Gasteiger partial charge in [-0.05, 0) is 12.8 Å². The molecular formula is C10H20N2O2. The van der Waals surface area contributed by atoms with Crippen LogP contribution in [0, 0.1) is 0 Å². The predicted octanol–water partition coefficient (Wildman–Crippen LogP) is -0.267. The molecule has 0 amide bonds. The molecule has 0 bridgehead atoms. The standard InChI is InChI=1S/C10H20N2O2/c13-10-1-3-11(4-2-10)9-12-5-7-14-8-6-12/h10,13H,1-9H2. The summed E-state index contributed by atoms with van der Waals surface area (Å²) in [5.41, 5.74) is 0. The second-order valence-electron chi connectivity index (χ2n) is 4.22. The zero-order chi connectivity index (χ0) is 9.80. The molecule has 0 aliphatic carbocycles. The number of morpholine rings is 1. The summed E-state index contributed by atoms with van der Waals surface area (Å²) in [6.07, 6.45) is 1.81. The van der Waals surface area contributed by atoms with Crippen molar-refractivity contribution in [3.8, 4) is 0 Å². The monoisotopic (exact) mass is 200 g/mol. The smallest absolute Gasteiger partial charge is 0.0594 e. The summed E-state index contributed by atoms with van der Waals surface area (Å²) in [6, 6.07) is 0. The van der Waals surface area contributed by atoms with Gasteiger partial charge in [-0.2, -0.15) is 0 Å². The fraction of sp³-hybridized carbons (Fsp3) is 1.00. The Kier molecular flexibility index (Phi) is 3.75. The highest BCUT2D eigenvalue weighted by molar-refractivity contribution is 4.72. The minimum Gasteiger partial charge on any atom is -0.393 e. The van der Waals surface area contributed by atoms with E-state index in [1.165, 1.54) is 0 Å². The van der Waals surface area contributed by atoms with E-state index in [2.05, 4.69) is 9.80 Å². The second kappa shape index (κ2) is 5.07. The van der Waals surface area contributed by atoms with E-state index in [0.29, 0.717) is 0 Å². The van der Waals surface area contributed by atoms with Crippen molar-refractivity contribution < 1.29 is 9.84 Å². The molecule has 2 rings (SSSR count). The predicted molar refractivity (Wildman–Crippen MR) is 54.1 cm³/mol. The lowest BCUT2D eigenvalue weighted by Gasteiger charge is -2.35. The average Bonchev–Trinajstić information content (AvgIpc) is 2.23. The molecule has 0 saturated carbocycles. The molecule has 0 aromatic heterocycles. The topological polar surface area (TPSA) is 35.9 Å². The van der Waals surface area contributed by atoms with E-state index in [9.17, 15) is 5.11 Å². The number of piperidine rings is 1. The minimum absolute atomic E-state index is 0.0593. The Bertz CT molecular complexity index is 164. The molecule has 2 aliphatic heterocycles. The van der Waals surface area contributed by atoms with Crippen LogP contribution in [0.25, 0.3) is 0 Å². The van der Waals surface area contributed by atoms with Gasteiger partial charge >= 0.3 is 0 Å². The summed E-state index contributed by atoms with van der Waals surface area (Å²) < 4.78 is 5.31. The molecule has 0 atom stereocenters. The number of hydrogen-bond donors (Lipinski definition) is 1. The Morgan fingerprint density at radius 2 is 1.57 bits per heavy atom. The SMILES string of the molecule is OC1CCN(CN2CCOCC2)CC1. The van der Waals surface area contributed by atoms with Gasteiger partial charge in [0.25, 0.3) is 0 Å². The third kappa shape index (κ3) is 2.92. The zero-order valence-corrected chi connectivity index (χ0v) is 8.69. The number of ether oxygens (including phenoxy) is 1. The maximum Gasteiger partial charge on any atom is 0.0594 e. The second-order valence-corrected chi connectivity index (χ2v) is 4.22. The highest BCUT2D eigenvalue weighted by Gasteiger charge is 2.19. The third-order valence-electron chi connectivity index (χ3n) is 3.06. The van der Waals surface area contributed by atoms with Gasteiger partial charge in [-0.3, -0.25) is 9.80 Å². The molecule has 2 saturated heterocycles. The average molecular weight is 200 g/mol. The van der Waals surface area contributed by atoms with E-state index < -0.39 is 0 Å². The number of hydrogen-bond acceptors (Lipinski definition) is 4. The largest absolute Gasteiger partial charge is 0.393 e. The van der Waals surface area contributed by atoms with Crippen LogP contribution < -0.4 is 0 Å². The van der Waals surface area contributed by atoms with Crippen LogP contribution in [0.15, 0.2) is 0 Å². The summed E-state index contributed by atoms with van der Waals surface area (Å²) in [4.78, 5) is 4.86. The Hall–Kier alpha value is -0.160. The molecule has 2 fully saturated rings. The third-order valence-corrected chi connectivity index (χ3v) is 3.06. The van der Waals surface area contributed by atoms with Gasteiger partial charge in [-0.15, -0.1) is 0 Å². The van der Waals surface area contributed by atoms with E-state index in [1.54, 1.807) is 0 Å². The Morgan fingerprint density at radius 3 is 2.21 bits per heavy atom. The number of aliphatic hydroxyl groups is 1. The quantitative estimate of drug-likeness (QED) is 0.666. The Morgan fingerprint density at radius 1 is 1.00 bits per heavy atom. The molecule has 4 heteroatoms. The first kappa shape index (κ1) is 10.4. The molecule has 0 aromatic rings. The van der Waals surface area contributed by atoms with Crippen LogP contribution in [0.3, 0.4) is 0 Å². The van der Waals surface area contributed by atoms with Gasteiger partial charge in [0.05, 0.1) is 26.0 Å². The molecule has 82 valence electrons. The fourth-order valence-electron chi connectivity index (χ4n) is 2.09. The van der Waals surface area contributed by atoms with Gasteiger partial charge in [0.15, 0.2) is 0 Å². The van der Waals surface area contributed by atoms with E-state index >= 15 is 0 Å². The highest BCUT2D eigenvalue weighted by atomic mass is 16.5. The molecule has 14 heavy (non-hydrogen) atoms. The number of likely N-dealkylation sites (tertiary alicyclic amines) is 1. The van der Waals surface area contributed by atoms with Gasteiger partial charge in [-0.25, -0.2) is 0 Å². The molecule has 0 spiro atoms. The van der Waals surface area contributed by atoms with Crippen molar-refractivity contribution in [1.82, 2.24) is 9.80 Å². The lowest BCUT2D eigenvalue weighted by Crippen LogP contribution is -2.47. The van der Waals surface area contributed by atoms with Crippen LogP contribution in [0.2, 0.25) is 0 Å². The van der Waals surface area contributed by atoms with Gasteiger partial charge in [0.2, 0.25) is 0 Å². The normalized spacial score (nSPS) is 28.1. The van der Waals surface area contributed by atoms with Crippen LogP contribution in [-0.4, -0.2) is 67.1 Å². The van der Waals surface area contributed by atoms with Crippen LogP contribution in [0.1, 0.15) is 12.8 Å². The van der Waals surface area contributed by atoms with E-state index in [4.69, 9.17) is 4.74 Å².